The van der Waals surface area contributed by atoms with Crippen LogP contribution in [0, 0.1) is 5.82 Å². The van der Waals surface area contributed by atoms with Gasteiger partial charge in [0.2, 0.25) is 5.91 Å². The number of rotatable bonds is 9. The van der Waals surface area contributed by atoms with Gasteiger partial charge in [-0.25, -0.2) is 9.37 Å². The van der Waals surface area contributed by atoms with Crippen LogP contribution in [0.4, 0.5) is 10.1 Å². The maximum Gasteiger partial charge on any atom is 0.262 e. The van der Waals surface area contributed by atoms with Crippen molar-refractivity contribution in [1.82, 2.24) is 9.55 Å². The molecule has 0 aliphatic heterocycles. The number of hydrogen-bond acceptors (Lipinski definition) is 5. The van der Waals surface area contributed by atoms with Gasteiger partial charge < -0.3 is 10.1 Å². The van der Waals surface area contributed by atoms with Crippen LogP contribution in [0.25, 0.3) is 10.9 Å². The lowest BCUT2D eigenvalue weighted by Crippen LogP contribution is -2.25. The molecule has 0 spiro atoms. The van der Waals surface area contributed by atoms with E-state index in [-0.39, 0.29) is 29.1 Å². The number of thioether (sulfide) groups is 1. The van der Waals surface area contributed by atoms with Crippen molar-refractivity contribution >= 4 is 34.3 Å². The molecular formula is C22H24FN3O3S. The Morgan fingerprint density at radius 2 is 1.93 bits per heavy atom. The summed E-state index contributed by atoms with van der Waals surface area (Å²) < 4.78 is 20.2. The van der Waals surface area contributed by atoms with Gasteiger partial charge in [-0.3, -0.25) is 14.2 Å². The van der Waals surface area contributed by atoms with E-state index in [1.54, 1.807) is 22.8 Å². The quantitative estimate of drug-likeness (QED) is 0.315. The highest BCUT2D eigenvalue weighted by Gasteiger charge is 2.13. The predicted molar refractivity (Wildman–Crippen MR) is 117 cm³/mol. The summed E-state index contributed by atoms with van der Waals surface area (Å²) >= 11 is 1.20. The number of carbonyl (C=O) groups excluding carboxylic acids is 1. The van der Waals surface area contributed by atoms with Gasteiger partial charge in [-0.05, 0) is 56.7 Å². The molecule has 1 N–H and O–H groups in total. The number of para-hydroxylation sites is 1. The molecule has 0 bridgehead atoms. The van der Waals surface area contributed by atoms with Gasteiger partial charge in [0.25, 0.3) is 5.56 Å². The lowest BCUT2D eigenvalue weighted by atomic mass is 10.2. The molecule has 1 amide bonds. The van der Waals surface area contributed by atoms with Crippen LogP contribution in [0.2, 0.25) is 0 Å². The van der Waals surface area contributed by atoms with Crippen molar-refractivity contribution in [2.75, 3.05) is 17.7 Å². The number of amides is 1. The summed E-state index contributed by atoms with van der Waals surface area (Å²) in [5, 5.41) is 3.74. The zero-order valence-electron chi connectivity index (χ0n) is 16.9. The molecule has 2 aromatic carbocycles. The second kappa shape index (κ2) is 10.4. The van der Waals surface area contributed by atoms with Crippen molar-refractivity contribution in [3.8, 4) is 0 Å². The van der Waals surface area contributed by atoms with E-state index in [4.69, 9.17) is 4.74 Å². The summed E-state index contributed by atoms with van der Waals surface area (Å²) in [4.78, 5) is 29.9. The molecule has 0 radical (unpaired) electrons. The molecule has 0 saturated carbocycles. The average Bonchev–Trinajstić information content (AvgIpc) is 2.72. The van der Waals surface area contributed by atoms with Crippen LogP contribution in [0.1, 0.15) is 20.3 Å². The first-order valence-electron chi connectivity index (χ1n) is 9.73. The number of nitrogens with zero attached hydrogens (tertiary/aromatic N) is 2. The maximum absolute atomic E-state index is 13.0. The number of nitrogens with one attached hydrogen (secondary N) is 1. The summed E-state index contributed by atoms with van der Waals surface area (Å²) in [7, 11) is 0. The number of halogens is 1. The van der Waals surface area contributed by atoms with E-state index in [0.717, 1.165) is 0 Å². The van der Waals surface area contributed by atoms with Gasteiger partial charge in [-0.2, -0.15) is 0 Å². The number of anilines is 1. The van der Waals surface area contributed by atoms with Crippen molar-refractivity contribution < 1.29 is 13.9 Å². The molecule has 30 heavy (non-hydrogen) atoms. The zero-order valence-corrected chi connectivity index (χ0v) is 17.7. The lowest BCUT2D eigenvalue weighted by Gasteiger charge is -2.14. The second-order valence-corrected chi connectivity index (χ2v) is 7.93. The molecule has 0 fully saturated rings. The molecule has 6 nitrogen and oxygen atoms in total. The smallest absolute Gasteiger partial charge is 0.262 e. The van der Waals surface area contributed by atoms with Crippen LogP contribution < -0.4 is 10.9 Å². The van der Waals surface area contributed by atoms with E-state index in [1.165, 1.54) is 36.0 Å². The fourth-order valence-electron chi connectivity index (χ4n) is 2.86. The summed E-state index contributed by atoms with van der Waals surface area (Å²) in [6.45, 7) is 4.91. The monoisotopic (exact) mass is 429 g/mol. The Morgan fingerprint density at radius 3 is 2.67 bits per heavy atom. The number of benzene rings is 2. The van der Waals surface area contributed by atoms with E-state index in [9.17, 15) is 14.0 Å². The Morgan fingerprint density at radius 1 is 1.20 bits per heavy atom. The molecule has 1 heterocycles. The van der Waals surface area contributed by atoms with E-state index >= 15 is 0 Å². The third kappa shape index (κ3) is 5.90. The van der Waals surface area contributed by atoms with Crippen LogP contribution >= 0.6 is 11.8 Å². The van der Waals surface area contributed by atoms with Gasteiger partial charge in [0, 0.05) is 18.8 Å². The third-order valence-corrected chi connectivity index (χ3v) is 5.24. The summed E-state index contributed by atoms with van der Waals surface area (Å²) in [6, 6.07) is 12.7. The topological polar surface area (TPSA) is 73.2 Å². The van der Waals surface area contributed by atoms with Gasteiger partial charge in [-0.1, -0.05) is 23.9 Å². The van der Waals surface area contributed by atoms with Crippen LogP contribution in [0.15, 0.2) is 58.5 Å². The van der Waals surface area contributed by atoms with Gasteiger partial charge in [-0.15, -0.1) is 0 Å². The number of fused-ring (bicyclic) bond motifs is 1. The standard InChI is InChI=1S/C22H24FN3O3S/c1-15(2)29-13-5-12-26-21(28)18-6-3-4-7-19(18)25-22(26)30-14-20(27)24-17-10-8-16(23)9-11-17/h3-4,6-11,15H,5,12-14H2,1-2H3,(H,24,27). The van der Waals surface area contributed by atoms with Crippen LogP contribution in [-0.2, 0) is 16.1 Å². The van der Waals surface area contributed by atoms with E-state index in [0.29, 0.717) is 41.3 Å². The van der Waals surface area contributed by atoms with E-state index < -0.39 is 0 Å². The molecule has 158 valence electrons. The summed E-state index contributed by atoms with van der Waals surface area (Å²) in [5.41, 5.74) is 0.974. The van der Waals surface area contributed by atoms with Crippen molar-refractivity contribution in [3.63, 3.8) is 0 Å². The first-order chi connectivity index (χ1) is 14.4. The SMILES string of the molecule is CC(C)OCCCn1c(SCC(=O)Nc2ccc(F)cc2)nc2ccccc2c1=O. The minimum Gasteiger partial charge on any atom is -0.379 e. The van der Waals surface area contributed by atoms with Gasteiger partial charge >= 0.3 is 0 Å². The molecule has 3 rings (SSSR count). The Hall–Kier alpha value is -2.71. The van der Waals surface area contributed by atoms with E-state index in [1.807, 2.05) is 19.9 Å². The molecular weight excluding hydrogens is 405 g/mol. The summed E-state index contributed by atoms with van der Waals surface area (Å²) in [6.07, 6.45) is 0.786. The Labute approximate surface area is 178 Å². The minimum absolute atomic E-state index is 0.0741. The van der Waals surface area contributed by atoms with Crippen LogP contribution in [0.5, 0.6) is 0 Å². The molecule has 3 aromatic rings. The van der Waals surface area contributed by atoms with Crippen molar-refractivity contribution in [2.24, 2.45) is 0 Å². The number of aromatic nitrogens is 2. The highest BCUT2D eigenvalue weighted by Crippen LogP contribution is 2.19. The summed E-state index contributed by atoms with van der Waals surface area (Å²) in [5.74, 6) is -0.554. The maximum atomic E-state index is 13.0. The van der Waals surface area contributed by atoms with E-state index in [2.05, 4.69) is 10.3 Å². The molecule has 1 aromatic heterocycles. The van der Waals surface area contributed by atoms with Crippen molar-refractivity contribution in [3.05, 3.63) is 64.7 Å². The number of carbonyl (C=O) groups is 1. The average molecular weight is 430 g/mol. The fourth-order valence-corrected chi connectivity index (χ4v) is 3.68. The fraction of sp³-hybridized carbons (Fsp3) is 0.318. The number of hydrogen-bond donors (Lipinski definition) is 1. The highest BCUT2D eigenvalue weighted by molar-refractivity contribution is 7.99. The van der Waals surface area contributed by atoms with Gasteiger partial charge in [0.15, 0.2) is 5.16 Å². The third-order valence-electron chi connectivity index (χ3n) is 4.26. The molecule has 0 aliphatic rings. The molecule has 0 aliphatic carbocycles. The molecule has 0 saturated heterocycles. The largest absolute Gasteiger partial charge is 0.379 e. The molecule has 0 atom stereocenters. The molecule has 0 unspecified atom stereocenters. The normalized spacial score (nSPS) is 11.2. The second-order valence-electron chi connectivity index (χ2n) is 6.99. The van der Waals surface area contributed by atoms with Crippen molar-refractivity contribution in [2.45, 2.75) is 38.1 Å². The van der Waals surface area contributed by atoms with Gasteiger partial charge in [0.1, 0.15) is 5.82 Å². The zero-order chi connectivity index (χ0) is 21.5. The lowest BCUT2D eigenvalue weighted by molar-refractivity contribution is -0.113. The first kappa shape index (κ1) is 22.0. The van der Waals surface area contributed by atoms with Crippen LogP contribution in [0.3, 0.4) is 0 Å². The first-order valence-corrected chi connectivity index (χ1v) is 10.7. The Bertz CT molecular complexity index is 1070. The van der Waals surface area contributed by atoms with Gasteiger partial charge in [0.05, 0.1) is 22.8 Å². The Balaban J connectivity index is 1.75. The Kier molecular flexibility index (Phi) is 7.59. The molecule has 8 heteroatoms. The van der Waals surface area contributed by atoms with Crippen LogP contribution in [-0.4, -0.2) is 33.9 Å². The predicted octanol–water partition coefficient (Wildman–Crippen LogP) is 4.08. The minimum atomic E-state index is -0.367. The highest BCUT2D eigenvalue weighted by atomic mass is 32.2. The van der Waals surface area contributed by atoms with Crippen molar-refractivity contribution in [1.29, 1.82) is 0 Å². The number of ether oxygens (including phenoxy) is 1.